The third kappa shape index (κ3) is 6.62. The number of ether oxygens (including phenoxy) is 1. The number of benzene rings is 2. The number of hydrogen-bond donors (Lipinski definition) is 2. The summed E-state index contributed by atoms with van der Waals surface area (Å²) < 4.78 is 69.9. The second-order valence-corrected chi connectivity index (χ2v) is 8.07. The highest BCUT2D eigenvalue weighted by atomic mass is 35.5. The maximum Gasteiger partial charge on any atom is 0.416 e. The van der Waals surface area contributed by atoms with E-state index >= 15 is 0 Å². The van der Waals surface area contributed by atoms with E-state index in [0.29, 0.717) is 13.0 Å². The maximum atomic E-state index is 12.8. The standard InChI is InChI=1S/C18H18ClF3N2O4S/c1-2-9-23-29(26,27)14-6-4-13(5-7-14)28-11-17(25)24-16-10-12(18(20,21)22)3-8-15(16)19/h3-8,10,23H,2,9,11H2,1H3,(H,24,25). The van der Waals surface area contributed by atoms with Gasteiger partial charge in [-0.25, -0.2) is 13.1 Å². The summed E-state index contributed by atoms with van der Waals surface area (Å²) in [5.74, 6) is -0.516. The van der Waals surface area contributed by atoms with Gasteiger partial charge in [0.05, 0.1) is 21.2 Å². The molecule has 6 nitrogen and oxygen atoms in total. The van der Waals surface area contributed by atoms with Gasteiger partial charge in [0.1, 0.15) is 5.75 Å². The zero-order chi connectivity index (χ0) is 21.7. The van der Waals surface area contributed by atoms with Gasteiger partial charge in [-0.3, -0.25) is 4.79 Å². The minimum absolute atomic E-state index is 0.0403. The number of anilines is 1. The molecule has 0 unspecified atom stereocenters. The Balaban J connectivity index is 1.98. The molecule has 0 aliphatic rings. The van der Waals surface area contributed by atoms with Crippen molar-refractivity contribution in [3.8, 4) is 5.75 Å². The molecule has 0 aromatic heterocycles. The Morgan fingerprint density at radius 3 is 2.38 bits per heavy atom. The van der Waals surface area contributed by atoms with Gasteiger partial charge >= 0.3 is 6.18 Å². The topological polar surface area (TPSA) is 84.5 Å². The minimum atomic E-state index is -4.57. The fourth-order valence-electron chi connectivity index (χ4n) is 2.17. The van der Waals surface area contributed by atoms with Crippen LogP contribution < -0.4 is 14.8 Å². The van der Waals surface area contributed by atoms with Gasteiger partial charge < -0.3 is 10.1 Å². The lowest BCUT2D eigenvalue weighted by Gasteiger charge is -2.12. The van der Waals surface area contributed by atoms with E-state index in [9.17, 15) is 26.4 Å². The molecule has 11 heteroatoms. The molecular formula is C18H18ClF3N2O4S. The SMILES string of the molecule is CCCNS(=O)(=O)c1ccc(OCC(=O)Nc2cc(C(F)(F)F)ccc2Cl)cc1. The molecule has 0 radical (unpaired) electrons. The molecular weight excluding hydrogens is 433 g/mol. The Morgan fingerprint density at radius 1 is 1.14 bits per heavy atom. The molecule has 0 bridgehead atoms. The molecule has 0 heterocycles. The Labute approximate surface area is 171 Å². The average Bonchev–Trinajstić information content (AvgIpc) is 2.66. The van der Waals surface area contributed by atoms with Crippen LogP contribution in [-0.2, 0) is 21.0 Å². The number of carbonyl (C=O) groups excluding carboxylic acids is 1. The zero-order valence-corrected chi connectivity index (χ0v) is 16.8. The van der Waals surface area contributed by atoms with Gasteiger partial charge in [-0.05, 0) is 48.9 Å². The van der Waals surface area contributed by atoms with Crippen LogP contribution in [0.25, 0.3) is 0 Å². The highest BCUT2D eigenvalue weighted by Crippen LogP contribution is 2.33. The first kappa shape index (κ1) is 23.0. The number of rotatable bonds is 8. The van der Waals surface area contributed by atoms with Crippen molar-refractivity contribution in [3.63, 3.8) is 0 Å². The highest BCUT2D eigenvalue weighted by Gasteiger charge is 2.31. The van der Waals surface area contributed by atoms with Crippen molar-refractivity contribution in [1.29, 1.82) is 0 Å². The van der Waals surface area contributed by atoms with E-state index in [4.69, 9.17) is 16.3 Å². The number of nitrogens with one attached hydrogen (secondary N) is 2. The van der Waals surface area contributed by atoms with E-state index in [2.05, 4.69) is 10.0 Å². The predicted octanol–water partition coefficient (Wildman–Crippen LogP) is 4.06. The number of hydrogen-bond acceptors (Lipinski definition) is 4. The van der Waals surface area contributed by atoms with E-state index in [1.807, 2.05) is 6.92 Å². The van der Waals surface area contributed by atoms with E-state index in [0.717, 1.165) is 18.2 Å². The van der Waals surface area contributed by atoms with Crippen LogP contribution in [0.2, 0.25) is 5.02 Å². The highest BCUT2D eigenvalue weighted by molar-refractivity contribution is 7.89. The van der Waals surface area contributed by atoms with Crippen molar-refractivity contribution >= 4 is 33.2 Å². The molecule has 0 atom stereocenters. The summed E-state index contributed by atoms with van der Waals surface area (Å²) in [6.07, 6.45) is -3.93. The molecule has 0 aliphatic heterocycles. The quantitative estimate of drug-likeness (QED) is 0.635. The van der Waals surface area contributed by atoms with Crippen molar-refractivity contribution in [2.24, 2.45) is 0 Å². The van der Waals surface area contributed by atoms with E-state index in [-0.39, 0.29) is 21.4 Å². The van der Waals surface area contributed by atoms with Crippen LogP contribution in [0, 0.1) is 0 Å². The summed E-state index contributed by atoms with van der Waals surface area (Å²) in [4.78, 5) is 12.0. The fraction of sp³-hybridized carbons (Fsp3) is 0.278. The molecule has 0 saturated carbocycles. The summed E-state index contributed by atoms with van der Waals surface area (Å²) in [6.45, 7) is 1.63. The van der Waals surface area contributed by atoms with E-state index in [1.165, 1.54) is 24.3 Å². The van der Waals surface area contributed by atoms with Crippen molar-refractivity contribution in [2.75, 3.05) is 18.5 Å². The van der Waals surface area contributed by atoms with Gasteiger partial charge in [-0.1, -0.05) is 18.5 Å². The first-order valence-electron chi connectivity index (χ1n) is 8.42. The summed E-state index contributed by atoms with van der Waals surface area (Å²) in [5.41, 5.74) is -1.15. The molecule has 1 amide bonds. The Hall–Kier alpha value is -2.30. The fourth-order valence-corrected chi connectivity index (χ4v) is 3.47. The number of carbonyl (C=O) groups is 1. The summed E-state index contributed by atoms with van der Waals surface area (Å²) >= 11 is 5.82. The molecule has 0 aliphatic carbocycles. The first-order valence-corrected chi connectivity index (χ1v) is 10.3. The van der Waals surface area contributed by atoms with Crippen LogP contribution in [0.1, 0.15) is 18.9 Å². The van der Waals surface area contributed by atoms with Crippen LogP contribution >= 0.6 is 11.6 Å². The largest absolute Gasteiger partial charge is 0.484 e. The smallest absolute Gasteiger partial charge is 0.416 e. The number of amides is 1. The molecule has 29 heavy (non-hydrogen) atoms. The Kier molecular flexibility index (Phi) is 7.50. The third-order valence-corrected chi connectivity index (χ3v) is 5.42. The Bertz CT molecular complexity index is 964. The molecule has 0 saturated heterocycles. The van der Waals surface area contributed by atoms with Crippen LogP contribution in [0.15, 0.2) is 47.4 Å². The van der Waals surface area contributed by atoms with Crippen LogP contribution in [0.5, 0.6) is 5.75 Å². The molecule has 2 aromatic rings. The van der Waals surface area contributed by atoms with E-state index < -0.39 is 34.3 Å². The van der Waals surface area contributed by atoms with Crippen molar-refractivity contribution in [2.45, 2.75) is 24.4 Å². The lowest BCUT2D eigenvalue weighted by molar-refractivity contribution is -0.137. The van der Waals surface area contributed by atoms with Crippen molar-refractivity contribution in [3.05, 3.63) is 53.1 Å². The lowest BCUT2D eigenvalue weighted by atomic mass is 10.2. The molecule has 158 valence electrons. The Morgan fingerprint density at radius 2 is 1.79 bits per heavy atom. The molecule has 2 N–H and O–H groups in total. The molecule has 0 fully saturated rings. The summed E-state index contributed by atoms with van der Waals surface area (Å²) in [5, 5.41) is 2.19. The summed E-state index contributed by atoms with van der Waals surface area (Å²) in [7, 11) is -3.62. The summed E-state index contributed by atoms with van der Waals surface area (Å²) in [6, 6.07) is 7.93. The maximum absolute atomic E-state index is 12.8. The number of sulfonamides is 1. The second kappa shape index (κ2) is 9.47. The normalized spacial score (nSPS) is 11.9. The van der Waals surface area contributed by atoms with Crippen molar-refractivity contribution in [1.82, 2.24) is 4.72 Å². The monoisotopic (exact) mass is 450 g/mol. The number of alkyl halides is 3. The van der Waals surface area contributed by atoms with Crippen LogP contribution in [-0.4, -0.2) is 27.5 Å². The lowest BCUT2D eigenvalue weighted by Crippen LogP contribution is -2.24. The molecule has 2 aromatic carbocycles. The van der Waals surface area contributed by atoms with Gasteiger partial charge in [0.15, 0.2) is 6.61 Å². The van der Waals surface area contributed by atoms with Gasteiger partial charge in [0.25, 0.3) is 5.91 Å². The van der Waals surface area contributed by atoms with Crippen molar-refractivity contribution < 1.29 is 31.1 Å². The van der Waals surface area contributed by atoms with Gasteiger partial charge in [0, 0.05) is 6.54 Å². The first-order chi connectivity index (χ1) is 13.5. The second-order valence-electron chi connectivity index (χ2n) is 5.90. The van der Waals surface area contributed by atoms with Gasteiger partial charge in [-0.2, -0.15) is 13.2 Å². The van der Waals surface area contributed by atoms with Gasteiger partial charge in [0.2, 0.25) is 10.0 Å². The van der Waals surface area contributed by atoms with E-state index in [1.54, 1.807) is 0 Å². The van der Waals surface area contributed by atoms with Gasteiger partial charge in [-0.15, -0.1) is 0 Å². The molecule has 2 rings (SSSR count). The zero-order valence-electron chi connectivity index (χ0n) is 15.2. The average molecular weight is 451 g/mol. The minimum Gasteiger partial charge on any atom is -0.484 e. The van der Waals surface area contributed by atoms with Crippen LogP contribution in [0.3, 0.4) is 0 Å². The third-order valence-electron chi connectivity index (χ3n) is 3.61. The predicted molar refractivity (Wildman–Crippen MR) is 103 cm³/mol. The molecule has 0 spiro atoms. The number of halogens is 4. The van der Waals surface area contributed by atoms with Crippen LogP contribution in [0.4, 0.5) is 18.9 Å².